The summed E-state index contributed by atoms with van der Waals surface area (Å²) in [6.45, 7) is -0.0844. The Morgan fingerprint density at radius 3 is 3.10 bits per heavy atom. The zero-order valence-corrected chi connectivity index (χ0v) is 12.1. The summed E-state index contributed by atoms with van der Waals surface area (Å²) in [6, 6.07) is 1.75. The zero-order chi connectivity index (χ0) is 14.8. The van der Waals surface area contributed by atoms with Crippen LogP contribution >= 0.6 is 8.25 Å². The van der Waals surface area contributed by atoms with Crippen molar-refractivity contribution in [2.45, 2.75) is 25.0 Å². The molecule has 0 aliphatic heterocycles. The summed E-state index contributed by atoms with van der Waals surface area (Å²) in [5.74, 6) is 0.377. The van der Waals surface area contributed by atoms with Crippen molar-refractivity contribution in [1.82, 2.24) is 19.6 Å². The van der Waals surface area contributed by atoms with Gasteiger partial charge in [0.05, 0.1) is 12.3 Å². The second kappa shape index (κ2) is 6.07. The third kappa shape index (κ3) is 3.06. The van der Waals surface area contributed by atoms with Crippen LogP contribution < -0.4 is 5.32 Å². The SMILES string of the molecule is O=[PH](O)O[C@H]1C[C@H](Nc2ncnc3ccnn23)C[C@@H]1CO. The van der Waals surface area contributed by atoms with Crippen molar-refractivity contribution in [2.75, 3.05) is 11.9 Å². The van der Waals surface area contributed by atoms with Crippen molar-refractivity contribution in [2.24, 2.45) is 5.92 Å². The predicted molar refractivity (Wildman–Crippen MR) is 74.1 cm³/mol. The Kier molecular flexibility index (Phi) is 4.16. The molecule has 0 saturated heterocycles. The van der Waals surface area contributed by atoms with Gasteiger partial charge in [-0.25, -0.2) is 9.97 Å². The number of aliphatic hydroxyl groups excluding tert-OH is 1. The van der Waals surface area contributed by atoms with Gasteiger partial charge < -0.3 is 19.8 Å². The first kappa shape index (κ1) is 14.4. The van der Waals surface area contributed by atoms with Crippen molar-refractivity contribution in [3.8, 4) is 0 Å². The van der Waals surface area contributed by atoms with Gasteiger partial charge in [-0.3, -0.25) is 4.57 Å². The second-order valence-corrected chi connectivity index (χ2v) is 5.74. The van der Waals surface area contributed by atoms with Crippen LogP contribution in [0.5, 0.6) is 0 Å². The van der Waals surface area contributed by atoms with Gasteiger partial charge in [-0.2, -0.15) is 9.61 Å². The number of rotatable bonds is 5. The average molecular weight is 313 g/mol. The van der Waals surface area contributed by atoms with Crippen LogP contribution in [0.1, 0.15) is 12.8 Å². The number of nitrogens with one attached hydrogen (secondary N) is 1. The quantitative estimate of drug-likeness (QED) is 0.663. The van der Waals surface area contributed by atoms with Crippen LogP contribution in [0.15, 0.2) is 18.6 Å². The molecule has 0 radical (unpaired) electrons. The average Bonchev–Trinajstić information content (AvgIpc) is 3.05. The highest BCUT2D eigenvalue weighted by Crippen LogP contribution is 2.35. The number of nitrogens with zero attached hydrogens (tertiary/aromatic N) is 4. The molecule has 0 amide bonds. The van der Waals surface area contributed by atoms with Gasteiger partial charge in [0.2, 0.25) is 5.95 Å². The molecule has 21 heavy (non-hydrogen) atoms. The van der Waals surface area contributed by atoms with Gasteiger partial charge in [0.25, 0.3) is 0 Å². The molecule has 3 N–H and O–H groups in total. The Bertz CT molecular complexity index is 650. The number of aliphatic hydroxyl groups is 1. The minimum Gasteiger partial charge on any atom is -0.396 e. The lowest BCUT2D eigenvalue weighted by molar-refractivity contribution is 0.106. The first-order valence-corrected chi connectivity index (χ1v) is 7.85. The molecule has 9 nitrogen and oxygen atoms in total. The van der Waals surface area contributed by atoms with Crippen LogP contribution in [-0.4, -0.2) is 48.3 Å². The van der Waals surface area contributed by atoms with Crippen molar-refractivity contribution >= 4 is 19.9 Å². The Labute approximate surface area is 120 Å². The molecule has 10 heteroatoms. The van der Waals surface area contributed by atoms with Gasteiger partial charge in [0.15, 0.2) is 5.65 Å². The normalized spacial score (nSPS) is 27.0. The fourth-order valence-corrected chi connectivity index (χ4v) is 3.25. The minimum absolute atomic E-state index is 0.0178. The lowest BCUT2D eigenvalue weighted by atomic mass is 10.1. The molecule has 1 fully saturated rings. The summed E-state index contributed by atoms with van der Waals surface area (Å²) < 4.78 is 17.4. The number of anilines is 1. The maximum absolute atomic E-state index is 10.8. The number of aromatic nitrogens is 4. The van der Waals surface area contributed by atoms with E-state index in [2.05, 4.69) is 20.4 Å². The zero-order valence-electron chi connectivity index (χ0n) is 11.1. The van der Waals surface area contributed by atoms with E-state index in [0.29, 0.717) is 24.4 Å². The maximum Gasteiger partial charge on any atom is 0.316 e. The summed E-state index contributed by atoms with van der Waals surface area (Å²) in [7, 11) is -3.01. The monoisotopic (exact) mass is 313 g/mol. The lowest BCUT2D eigenvalue weighted by Crippen LogP contribution is -2.20. The van der Waals surface area contributed by atoms with Crippen molar-refractivity contribution < 1.29 is 19.1 Å². The van der Waals surface area contributed by atoms with E-state index in [9.17, 15) is 9.67 Å². The predicted octanol–water partition coefficient (Wildman–Crippen LogP) is 0.0743. The molecule has 3 rings (SSSR count). The number of hydrogen-bond acceptors (Lipinski definition) is 7. The highest BCUT2D eigenvalue weighted by Gasteiger charge is 2.36. The van der Waals surface area contributed by atoms with Gasteiger partial charge in [0, 0.05) is 24.6 Å². The topological polar surface area (TPSA) is 122 Å². The molecule has 0 bridgehead atoms. The van der Waals surface area contributed by atoms with E-state index in [4.69, 9.17) is 9.42 Å². The van der Waals surface area contributed by atoms with Crippen LogP contribution in [0.2, 0.25) is 0 Å². The third-order valence-corrected chi connectivity index (χ3v) is 4.15. The first-order valence-electron chi connectivity index (χ1n) is 6.59. The van der Waals surface area contributed by atoms with Crippen LogP contribution in [-0.2, 0) is 9.09 Å². The minimum atomic E-state index is -3.01. The van der Waals surface area contributed by atoms with E-state index in [1.165, 1.54) is 6.33 Å². The van der Waals surface area contributed by atoms with Crippen LogP contribution in [0.3, 0.4) is 0 Å². The van der Waals surface area contributed by atoms with E-state index in [1.807, 2.05) is 0 Å². The van der Waals surface area contributed by atoms with Gasteiger partial charge in [-0.1, -0.05) is 0 Å². The highest BCUT2D eigenvalue weighted by atomic mass is 31.1. The fourth-order valence-electron chi connectivity index (χ4n) is 2.71. The van der Waals surface area contributed by atoms with Crippen LogP contribution in [0, 0.1) is 5.92 Å². The van der Waals surface area contributed by atoms with Crippen LogP contribution in [0.25, 0.3) is 5.65 Å². The van der Waals surface area contributed by atoms with E-state index >= 15 is 0 Å². The lowest BCUT2D eigenvalue weighted by Gasteiger charge is -2.15. The summed E-state index contributed by atoms with van der Waals surface area (Å²) in [5, 5.41) is 16.7. The van der Waals surface area contributed by atoms with Gasteiger partial charge >= 0.3 is 8.25 Å². The standard InChI is InChI=1S/C11H16N5O4P/c17-5-7-3-8(4-9(7)20-21(18)19)15-11-13-6-12-10-1-2-14-16(10)11/h1-2,6-9,17,21H,3-5H2,(H,18,19)(H,12,13,15)/t7-,8-,9+/m1/s1. The molecule has 2 aromatic heterocycles. The summed E-state index contributed by atoms with van der Waals surface area (Å²) in [4.78, 5) is 17.1. The smallest absolute Gasteiger partial charge is 0.316 e. The molecule has 2 aromatic rings. The van der Waals surface area contributed by atoms with Gasteiger partial charge in [-0.05, 0) is 12.8 Å². The molecule has 4 atom stereocenters. The molecule has 2 heterocycles. The Morgan fingerprint density at radius 1 is 1.48 bits per heavy atom. The molecule has 1 saturated carbocycles. The van der Waals surface area contributed by atoms with Gasteiger partial charge in [0.1, 0.15) is 6.33 Å². The number of fused-ring (bicyclic) bond motifs is 1. The van der Waals surface area contributed by atoms with E-state index < -0.39 is 14.4 Å². The molecule has 114 valence electrons. The summed E-state index contributed by atoms with van der Waals surface area (Å²) in [6.07, 6.45) is 3.79. The Hall–Kier alpha value is -1.54. The van der Waals surface area contributed by atoms with Crippen LogP contribution in [0.4, 0.5) is 5.95 Å². The molecule has 1 unspecified atom stereocenters. The van der Waals surface area contributed by atoms with Crippen molar-refractivity contribution in [3.63, 3.8) is 0 Å². The summed E-state index contributed by atoms with van der Waals surface area (Å²) in [5.41, 5.74) is 0.678. The van der Waals surface area contributed by atoms with E-state index in [0.717, 1.165) is 0 Å². The molecule has 0 spiro atoms. The molecule has 0 aromatic carbocycles. The third-order valence-electron chi connectivity index (χ3n) is 3.64. The highest BCUT2D eigenvalue weighted by molar-refractivity contribution is 7.32. The van der Waals surface area contributed by atoms with E-state index in [-0.39, 0.29) is 18.6 Å². The summed E-state index contributed by atoms with van der Waals surface area (Å²) >= 11 is 0. The maximum atomic E-state index is 10.8. The number of hydrogen-bond donors (Lipinski definition) is 3. The van der Waals surface area contributed by atoms with Crippen molar-refractivity contribution in [3.05, 3.63) is 18.6 Å². The van der Waals surface area contributed by atoms with Crippen molar-refractivity contribution in [1.29, 1.82) is 0 Å². The first-order chi connectivity index (χ1) is 10.2. The van der Waals surface area contributed by atoms with E-state index in [1.54, 1.807) is 16.8 Å². The molecule has 1 aliphatic carbocycles. The largest absolute Gasteiger partial charge is 0.396 e. The Morgan fingerprint density at radius 2 is 2.33 bits per heavy atom. The molecular formula is C11H16N5O4P. The fraction of sp³-hybridized carbons (Fsp3) is 0.545. The molecular weight excluding hydrogens is 297 g/mol. The Balaban J connectivity index is 1.74. The van der Waals surface area contributed by atoms with Gasteiger partial charge in [-0.15, -0.1) is 0 Å². The second-order valence-electron chi connectivity index (χ2n) is 4.98. The molecule has 1 aliphatic rings.